The maximum atomic E-state index is 12.1. The number of carbonyl (C=O) groups excluding carboxylic acids is 1. The van der Waals surface area contributed by atoms with Crippen LogP contribution in [0.2, 0.25) is 10.0 Å². The van der Waals surface area contributed by atoms with Crippen LogP contribution in [0.15, 0.2) is 24.3 Å². The van der Waals surface area contributed by atoms with Gasteiger partial charge in [0.15, 0.2) is 5.82 Å². The predicted molar refractivity (Wildman–Crippen MR) is 86.1 cm³/mol. The lowest BCUT2D eigenvalue weighted by atomic mass is 9.92. The summed E-state index contributed by atoms with van der Waals surface area (Å²) in [5, 5.41) is 10.7. The fourth-order valence-electron chi connectivity index (χ4n) is 1.82. The van der Waals surface area contributed by atoms with Gasteiger partial charge in [-0.3, -0.25) is 9.89 Å². The molecule has 0 saturated carbocycles. The first-order chi connectivity index (χ1) is 9.77. The van der Waals surface area contributed by atoms with Crippen molar-refractivity contribution in [3.8, 4) is 0 Å². The van der Waals surface area contributed by atoms with Gasteiger partial charge in [0.25, 0.3) is 0 Å². The molecule has 1 aromatic carbocycles. The molecule has 6 heteroatoms. The van der Waals surface area contributed by atoms with Crippen molar-refractivity contribution < 1.29 is 4.79 Å². The Balaban J connectivity index is 2.07. The molecule has 112 valence electrons. The van der Waals surface area contributed by atoms with Crippen molar-refractivity contribution in [3.63, 3.8) is 0 Å². The fraction of sp³-hybridized carbons (Fsp3) is 0.333. The standard InChI is InChI=1S/C15H17Cl2N3O/c1-15(2,3)12-8-13(20-19-12)18-14(21)7-9-10(16)5-4-6-11(9)17/h4-6,8H,7H2,1-3H3,(H2,18,19,20,21). The average molecular weight is 326 g/mol. The number of hydrogen-bond donors (Lipinski definition) is 2. The Kier molecular flexibility index (Phi) is 4.59. The van der Waals surface area contributed by atoms with Crippen molar-refractivity contribution in [2.75, 3.05) is 5.32 Å². The van der Waals surface area contributed by atoms with E-state index in [0.717, 1.165) is 5.69 Å². The van der Waals surface area contributed by atoms with Crippen LogP contribution in [-0.2, 0) is 16.6 Å². The van der Waals surface area contributed by atoms with Gasteiger partial charge in [-0.15, -0.1) is 0 Å². The van der Waals surface area contributed by atoms with Crippen molar-refractivity contribution in [2.24, 2.45) is 0 Å². The zero-order chi connectivity index (χ0) is 15.6. The second-order valence-electron chi connectivity index (χ2n) is 5.84. The Labute approximate surface area is 133 Å². The summed E-state index contributed by atoms with van der Waals surface area (Å²) in [6, 6.07) is 6.99. The van der Waals surface area contributed by atoms with E-state index in [1.807, 2.05) is 6.07 Å². The molecule has 0 fully saturated rings. The summed E-state index contributed by atoms with van der Waals surface area (Å²) in [6.07, 6.45) is 0.107. The molecular formula is C15H17Cl2N3O. The van der Waals surface area contributed by atoms with Crippen LogP contribution in [0.1, 0.15) is 32.0 Å². The number of hydrogen-bond acceptors (Lipinski definition) is 2. The molecule has 21 heavy (non-hydrogen) atoms. The molecule has 1 heterocycles. The van der Waals surface area contributed by atoms with Crippen LogP contribution >= 0.6 is 23.2 Å². The molecule has 0 unspecified atom stereocenters. The number of benzene rings is 1. The number of H-pyrrole nitrogens is 1. The second kappa shape index (κ2) is 6.08. The van der Waals surface area contributed by atoms with Gasteiger partial charge in [0, 0.05) is 27.2 Å². The molecule has 0 radical (unpaired) electrons. The molecule has 0 aliphatic heterocycles. The molecular weight excluding hydrogens is 309 g/mol. The highest BCUT2D eigenvalue weighted by atomic mass is 35.5. The molecule has 0 atom stereocenters. The number of aromatic nitrogens is 2. The summed E-state index contributed by atoms with van der Waals surface area (Å²) in [4.78, 5) is 12.1. The minimum Gasteiger partial charge on any atom is -0.309 e. The Morgan fingerprint density at radius 1 is 1.29 bits per heavy atom. The van der Waals surface area contributed by atoms with Crippen LogP contribution in [0.3, 0.4) is 0 Å². The molecule has 0 aliphatic carbocycles. The van der Waals surface area contributed by atoms with Crippen LogP contribution in [0.25, 0.3) is 0 Å². The summed E-state index contributed by atoms with van der Waals surface area (Å²) in [5.74, 6) is 0.282. The van der Waals surface area contributed by atoms with E-state index in [2.05, 4.69) is 36.3 Å². The Bertz CT molecular complexity index is 639. The monoisotopic (exact) mass is 325 g/mol. The summed E-state index contributed by atoms with van der Waals surface area (Å²) >= 11 is 12.1. The molecule has 1 amide bonds. The van der Waals surface area contributed by atoms with E-state index < -0.39 is 0 Å². The van der Waals surface area contributed by atoms with Crippen molar-refractivity contribution in [1.29, 1.82) is 0 Å². The van der Waals surface area contributed by atoms with E-state index >= 15 is 0 Å². The zero-order valence-corrected chi connectivity index (χ0v) is 13.6. The number of amides is 1. The number of nitrogens with one attached hydrogen (secondary N) is 2. The quantitative estimate of drug-likeness (QED) is 0.888. The molecule has 4 nitrogen and oxygen atoms in total. The van der Waals surface area contributed by atoms with Gasteiger partial charge in [-0.1, -0.05) is 50.0 Å². The Hall–Kier alpha value is -1.52. The van der Waals surface area contributed by atoms with Crippen molar-refractivity contribution in [2.45, 2.75) is 32.6 Å². The lowest BCUT2D eigenvalue weighted by Crippen LogP contribution is -2.15. The molecule has 0 aliphatic rings. The largest absolute Gasteiger partial charge is 0.309 e. The van der Waals surface area contributed by atoms with E-state index in [-0.39, 0.29) is 17.7 Å². The first kappa shape index (κ1) is 15.9. The smallest absolute Gasteiger partial charge is 0.230 e. The molecule has 0 spiro atoms. The number of aromatic amines is 1. The van der Waals surface area contributed by atoms with Gasteiger partial charge in [-0.2, -0.15) is 5.10 Å². The molecule has 0 saturated heterocycles. The minimum absolute atomic E-state index is 0.0535. The summed E-state index contributed by atoms with van der Waals surface area (Å²) < 4.78 is 0. The van der Waals surface area contributed by atoms with Crippen molar-refractivity contribution in [1.82, 2.24) is 10.2 Å². The number of nitrogens with zero attached hydrogens (tertiary/aromatic N) is 1. The number of rotatable bonds is 3. The normalized spacial score (nSPS) is 11.5. The van der Waals surface area contributed by atoms with E-state index in [4.69, 9.17) is 23.2 Å². The molecule has 1 aromatic heterocycles. The first-order valence-electron chi connectivity index (χ1n) is 6.56. The predicted octanol–water partition coefficient (Wildman–Crippen LogP) is 4.20. The number of anilines is 1. The average Bonchev–Trinajstić information content (AvgIpc) is 2.82. The summed E-state index contributed by atoms with van der Waals surface area (Å²) in [5.41, 5.74) is 1.51. The van der Waals surface area contributed by atoms with Crippen LogP contribution in [0.4, 0.5) is 5.82 Å². The second-order valence-corrected chi connectivity index (χ2v) is 6.66. The lowest BCUT2D eigenvalue weighted by Gasteiger charge is -2.14. The fourth-order valence-corrected chi connectivity index (χ4v) is 2.35. The van der Waals surface area contributed by atoms with E-state index in [9.17, 15) is 4.79 Å². The lowest BCUT2D eigenvalue weighted by molar-refractivity contribution is -0.115. The topological polar surface area (TPSA) is 57.8 Å². The number of carbonyl (C=O) groups is 1. The highest BCUT2D eigenvalue weighted by Crippen LogP contribution is 2.25. The van der Waals surface area contributed by atoms with E-state index in [1.165, 1.54) is 0 Å². The maximum Gasteiger partial charge on any atom is 0.230 e. The third-order valence-corrected chi connectivity index (χ3v) is 3.76. The Morgan fingerprint density at radius 3 is 2.43 bits per heavy atom. The van der Waals surface area contributed by atoms with Gasteiger partial charge in [0.05, 0.1) is 6.42 Å². The summed E-state index contributed by atoms with van der Waals surface area (Å²) in [6.45, 7) is 6.20. The molecule has 2 N–H and O–H groups in total. The maximum absolute atomic E-state index is 12.1. The third kappa shape index (κ3) is 3.99. The third-order valence-electron chi connectivity index (χ3n) is 3.05. The summed E-state index contributed by atoms with van der Waals surface area (Å²) in [7, 11) is 0. The number of halogens is 2. The van der Waals surface area contributed by atoms with Crippen molar-refractivity contribution in [3.05, 3.63) is 45.6 Å². The van der Waals surface area contributed by atoms with E-state index in [1.54, 1.807) is 18.2 Å². The van der Waals surface area contributed by atoms with Gasteiger partial charge in [-0.05, 0) is 17.7 Å². The van der Waals surface area contributed by atoms with Gasteiger partial charge in [-0.25, -0.2) is 0 Å². The molecule has 2 aromatic rings. The van der Waals surface area contributed by atoms with Gasteiger partial charge in [0.1, 0.15) is 0 Å². The minimum atomic E-state index is -0.211. The van der Waals surface area contributed by atoms with Crippen LogP contribution in [0, 0.1) is 0 Å². The van der Waals surface area contributed by atoms with Crippen LogP contribution < -0.4 is 5.32 Å². The van der Waals surface area contributed by atoms with Gasteiger partial charge in [0.2, 0.25) is 5.91 Å². The highest BCUT2D eigenvalue weighted by Gasteiger charge is 2.18. The SMILES string of the molecule is CC(C)(C)c1cc(NC(=O)Cc2c(Cl)cccc2Cl)n[nH]1. The van der Waals surface area contributed by atoms with E-state index in [0.29, 0.717) is 21.4 Å². The van der Waals surface area contributed by atoms with Gasteiger partial charge >= 0.3 is 0 Å². The highest BCUT2D eigenvalue weighted by molar-refractivity contribution is 6.36. The molecule has 2 rings (SSSR count). The van der Waals surface area contributed by atoms with Crippen molar-refractivity contribution >= 4 is 34.9 Å². The van der Waals surface area contributed by atoms with Gasteiger partial charge < -0.3 is 5.32 Å². The zero-order valence-electron chi connectivity index (χ0n) is 12.1. The van der Waals surface area contributed by atoms with Crippen LogP contribution in [0.5, 0.6) is 0 Å². The first-order valence-corrected chi connectivity index (χ1v) is 7.31. The molecule has 0 bridgehead atoms. The Morgan fingerprint density at radius 2 is 1.90 bits per heavy atom. The van der Waals surface area contributed by atoms with Crippen LogP contribution in [-0.4, -0.2) is 16.1 Å².